The molecule has 7 rings (SSSR count). The lowest BCUT2D eigenvalue weighted by Crippen LogP contribution is -2.46. The zero-order chi connectivity index (χ0) is 47.1. The number of amides is 1. The minimum atomic E-state index is -5.12. The van der Waals surface area contributed by atoms with Gasteiger partial charge < -0.3 is 24.4 Å². The van der Waals surface area contributed by atoms with Gasteiger partial charge in [-0.2, -0.15) is 17.9 Å². The molecule has 352 valence electrons. The smallest absolute Gasteiger partial charge is 0.578 e. The van der Waals surface area contributed by atoms with Crippen LogP contribution in [0.1, 0.15) is 60.5 Å². The Hall–Kier alpha value is -4.36. The largest absolute Gasteiger partial charge is 0.604 e. The molecule has 0 saturated carbocycles. The van der Waals surface area contributed by atoms with Crippen LogP contribution in [0.5, 0.6) is 0 Å². The number of aliphatic hydroxyl groups excluding tert-OH is 1. The first-order valence-corrected chi connectivity index (χ1v) is 25.1. The van der Waals surface area contributed by atoms with Crippen LogP contribution >= 0.6 is 11.8 Å². The lowest BCUT2D eigenvalue weighted by molar-refractivity contribution is -0.137. The molecule has 0 bridgehead atoms. The summed E-state index contributed by atoms with van der Waals surface area (Å²) in [6.07, 6.45) is 0.372. The average Bonchev–Trinajstić information content (AvgIpc) is 3.67. The number of carbonyl (C=O) groups excluding carboxylic acids is 1. The summed E-state index contributed by atoms with van der Waals surface area (Å²) in [5, 5.41) is 13.0. The van der Waals surface area contributed by atoms with Crippen LogP contribution in [0, 0.1) is 5.92 Å². The van der Waals surface area contributed by atoms with Crippen molar-refractivity contribution >= 4 is 51.6 Å². The van der Waals surface area contributed by atoms with Gasteiger partial charge in [0.25, 0.3) is 5.91 Å². The molecule has 4 atom stereocenters. The number of β-amino-alcohol motifs (C(OH)–C–C–N with tert-alkyl or cyclic N) is 1. The van der Waals surface area contributed by atoms with E-state index < -0.39 is 50.6 Å². The summed E-state index contributed by atoms with van der Waals surface area (Å²) < 4.78 is 111. The summed E-state index contributed by atoms with van der Waals surface area (Å²) in [5.41, 5.74) is -2.41. The van der Waals surface area contributed by atoms with Gasteiger partial charge in [0.05, 0.1) is 23.9 Å². The molecule has 2 fully saturated rings. The second-order valence-electron chi connectivity index (χ2n) is 17.0. The van der Waals surface area contributed by atoms with Gasteiger partial charge in [-0.05, 0) is 135 Å². The fourth-order valence-electron chi connectivity index (χ4n) is 8.99. The highest BCUT2D eigenvalue weighted by molar-refractivity contribution is 7.99. The van der Waals surface area contributed by atoms with Gasteiger partial charge >= 0.3 is 11.7 Å². The molecule has 5 aromatic carbocycles. The summed E-state index contributed by atoms with van der Waals surface area (Å²) in [5.74, 6) is 0.110. The molecule has 2 aliphatic heterocycles. The number of rotatable bonds is 17. The molecule has 2 saturated heterocycles. The van der Waals surface area contributed by atoms with Gasteiger partial charge in [-0.1, -0.05) is 54.6 Å². The molecule has 0 aliphatic carbocycles. The van der Waals surface area contributed by atoms with E-state index in [-0.39, 0.29) is 34.3 Å². The lowest BCUT2D eigenvalue weighted by atomic mass is 9.86. The van der Waals surface area contributed by atoms with E-state index in [9.17, 15) is 45.3 Å². The van der Waals surface area contributed by atoms with Crippen LogP contribution in [0.4, 0.5) is 37.7 Å². The standard InChI is InChI=1S/C49H52F6N4O4S3/c1-47(24-7-25-59(47)28-29-60)32-39(33-64-41-9-3-2-4-10-41)56-44-21-20-42(31-45(44)65(62)49(53,54)55)66(63)57-46(61)36-14-18-40(19-15-36)58-26-22-34(23-27-58)30-37-8-5-6-11-43(37)35-12-16-38(17-13-35)48(50,51)52/h2-6,8-21,31,34,39,56,60H,7,22-30,32-33H2,1H3,(H,57,61). The Labute approximate surface area is 392 Å². The molecule has 17 heteroatoms. The van der Waals surface area contributed by atoms with Crippen molar-refractivity contribution in [2.24, 2.45) is 5.92 Å². The van der Waals surface area contributed by atoms with E-state index >= 15 is 0 Å². The first kappa shape index (κ1) is 49.5. The maximum atomic E-state index is 14.2. The second kappa shape index (κ2) is 21.7. The number of hydrogen-bond acceptors (Lipinski definition) is 8. The van der Waals surface area contributed by atoms with Crippen LogP contribution in [-0.4, -0.2) is 80.6 Å². The maximum Gasteiger partial charge on any atom is 0.578 e. The number of anilines is 2. The zero-order valence-corrected chi connectivity index (χ0v) is 38.7. The number of aliphatic hydroxyl groups is 1. The van der Waals surface area contributed by atoms with Crippen molar-refractivity contribution in [3.05, 3.63) is 138 Å². The summed E-state index contributed by atoms with van der Waals surface area (Å²) in [6.45, 7) is 4.79. The Morgan fingerprint density at radius 2 is 1.56 bits per heavy atom. The van der Waals surface area contributed by atoms with E-state index in [0.717, 1.165) is 97.2 Å². The van der Waals surface area contributed by atoms with Gasteiger partial charge in [-0.15, -0.1) is 24.9 Å². The van der Waals surface area contributed by atoms with Crippen molar-refractivity contribution in [3.63, 3.8) is 0 Å². The van der Waals surface area contributed by atoms with E-state index in [2.05, 4.69) is 26.8 Å². The molecule has 0 radical (unpaired) electrons. The minimum Gasteiger partial charge on any atom is -0.604 e. The van der Waals surface area contributed by atoms with Crippen molar-refractivity contribution in [2.75, 3.05) is 48.8 Å². The van der Waals surface area contributed by atoms with Gasteiger partial charge in [-0.25, -0.2) is 0 Å². The van der Waals surface area contributed by atoms with Crippen molar-refractivity contribution in [1.82, 2.24) is 9.62 Å². The van der Waals surface area contributed by atoms with Crippen molar-refractivity contribution < 1.29 is 45.3 Å². The Morgan fingerprint density at radius 3 is 2.23 bits per heavy atom. The number of thioether (sulfide) groups is 1. The van der Waals surface area contributed by atoms with Crippen molar-refractivity contribution in [3.8, 4) is 11.1 Å². The highest BCUT2D eigenvalue weighted by Gasteiger charge is 2.48. The van der Waals surface area contributed by atoms with Crippen molar-refractivity contribution in [2.45, 2.75) is 83.4 Å². The Balaban J connectivity index is 0.987. The molecule has 0 aromatic heterocycles. The van der Waals surface area contributed by atoms with E-state index in [1.165, 1.54) is 36.0 Å². The molecule has 0 spiro atoms. The first-order valence-electron chi connectivity index (χ1n) is 21.8. The monoisotopic (exact) mass is 970 g/mol. The zero-order valence-electron chi connectivity index (χ0n) is 36.2. The number of hydrogen-bond donors (Lipinski definition) is 3. The third-order valence-electron chi connectivity index (χ3n) is 12.4. The molecule has 2 aliphatic rings. The third kappa shape index (κ3) is 12.6. The van der Waals surface area contributed by atoms with Crippen LogP contribution in [-0.2, 0) is 35.1 Å². The molecule has 3 N–H and O–H groups in total. The van der Waals surface area contributed by atoms with E-state index in [1.54, 1.807) is 24.3 Å². The molecule has 66 heavy (non-hydrogen) atoms. The summed E-state index contributed by atoms with van der Waals surface area (Å²) in [6, 6.07) is 32.6. The number of likely N-dealkylation sites (tertiary alicyclic amines) is 1. The predicted octanol–water partition coefficient (Wildman–Crippen LogP) is 10.7. The Morgan fingerprint density at radius 1 is 0.879 bits per heavy atom. The number of alkyl halides is 6. The number of nitrogens with one attached hydrogen (secondary N) is 2. The Bertz CT molecular complexity index is 2370. The molecule has 4 unspecified atom stereocenters. The highest BCUT2D eigenvalue weighted by Crippen LogP contribution is 2.40. The Kier molecular flexibility index (Phi) is 16.3. The lowest BCUT2D eigenvalue weighted by Gasteiger charge is -2.38. The molecule has 8 nitrogen and oxygen atoms in total. The molecular weight excluding hydrogens is 919 g/mol. The van der Waals surface area contributed by atoms with Gasteiger partial charge in [0, 0.05) is 53.1 Å². The summed E-state index contributed by atoms with van der Waals surface area (Å²) >= 11 is -4.26. The van der Waals surface area contributed by atoms with Gasteiger partial charge in [-0.3, -0.25) is 9.69 Å². The molecule has 5 aromatic rings. The van der Waals surface area contributed by atoms with Crippen LogP contribution in [0.2, 0.25) is 0 Å². The number of carbonyl (C=O) groups is 1. The van der Waals surface area contributed by atoms with E-state index in [4.69, 9.17) is 0 Å². The predicted molar refractivity (Wildman–Crippen MR) is 250 cm³/mol. The summed E-state index contributed by atoms with van der Waals surface area (Å²) in [4.78, 5) is 17.9. The molecule has 1 amide bonds. The quantitative estimate of drug-likeness (QED) is 0.0480. The first-order chi connectivity index (χ1) is 31.5. The minimum absolute atomic E-state index is 0.0192. The average molecular weight is 971 g/mol. The summed E-state index contributed by atoms with van der Waals surface area (Å²) in [7, 11) is 0. The van der Waals surface area contributed by atoms with Crippen LogP contribution in [0.25, 0.3) is 11.1 Å². The van der Waals surface area contributed by atoms with Crippen molar-refractivity contribution in [1.29, 1.82) is 0 Å². The van der Waals surface area contributed by atoms with E-state index in [0.29, 0.717) is 24.6 Å². The molecule has 2 heterocycles. The van der Waals surface area contributed by atoms with Gasteiger partial charge in [0.15, 0.2) is 9.79 Å². The van der Waals surface area contributed by atoms with Crippen LogP contribution < -0.4 is 14.9 Å². The maximum absolute atomic E-state index is 14.2. The SMILES string of the molecule is CC1(CC(CSc2ccccc2)Nc2ccc([S+]([O-])NC(=O)c3ccc(N4CCC(Cc5ccccc5-c5ccc(C(F)(F)F)cc5)CC4)cc3)cc2[S+]([O-])C(F)(F)F)CCCN1CCO. The third-order valence-corrected chi connectivity index (χ3v) is 15.8. The number of halogens is 6. The normalized spacial score (nSPS) is 18.8. The molecular formula is C49H52F6N4O4S3. The number of piperidine rings is 1. The highest BCUT2D eigenvalue weighted by atomic mass is 32.2. The van der Waals surface area contributed by atoms with Gasteiger partial charge in [0.1, 0.15) is 22.5 Å². The van der Waals surface area contributed by atoms with Crippen LogP contribution in [0.3, 0.4) is 0 Å². The van der Waals surface area contributed by atoms with Gasteiger partial charge in [0.2, 0.25) is 0 Å². The van der Waals surface area contributed by atoms with Crippen LogP contribution in [0.15, 0.2) is 136 Å². The topological polar surface area (TPSA) is 114 Å². The van der Waals surface area contributed by atoms with E-state index in [1.807, 2.05) is 54.6 Å². The number of nitrogens with zero attached hydrogens (tertiary/aromatic N) is 2. The second-order valence-corrected chi connectivity index (χ2v) is 20.7. The number of benzene rings is 5. The fourth-order valence-corrected chi connectivity index (χ4v) is 11.6. The fraction of sp³-hybridized carbons (Fsp3) is 0.367.